The van der Waals surface area contributed by atoms with Crippen LogP contribution in [-0.4, -0.2) is 15.5 Å². The molecular formula is C23H25N3O. The van der Waals surface area contributed by atoms with Crippen LogP contribution < -0.4 is 5.32 Å². The lowest BCUT2D eigenvalue weighted by Gasteiger charge is -2.21. The lowest BCUT2D eigenvalue weighted by atomic mass is 9.89. The number of aryl methyl sites for hydroxylation is 1. The van der Waals surface area contributed by atoms with Gasteiger partial charge in [0.25, 0.3) is 5.91 Å². The minimum absolute atomic E-state index is 0.0644. The maximum absolute atomic E-state index is 12.4. The van der Waals surface area contributed by atoms with Crippen LogP contribution in [0.1, 0.15) is 46.2 Å². The largest absolute Gasteiger partial charge is 0.348 e. The Morgan fingerprint density at radius 3 is 2.81 bits per heavy atom. The minimum atomic E-state index is -0.0644. The second-order valence-corrected chi connectivity index (χ2v) is 7.53. The number of benzene rings is 1. The highest BCUT2D eigenvalue weighted by atomic mass is 16.1. The van der Waals surface area contributed by atoms with E-state index in [0.717, 1.165) is 30.0 Å². The average molecular weight is 359 g/mol. The van der Waals surface area contributed by atoms with Crippen LogP contribution in [0.25, 0.3) is 5.69 Å². The molecule has 0 radical (unpaired) electrons. The maximum atomic E-state index is 12.4. The Balaban J connectivity index is 1.50. The number of hydrogen-bond donors (Lipinski definition) is 1. The number of carbonyl (C=O) groups excluding carboxylic acids is 1. The van der Waals surface area contributed by atoms with Crippen LogP contribution in [0.2, 0.25) is 0 Å². The van der Waals surface area contributed by atoms with Gasteiger partial charge in [-0.2, -0.15) is 0 Å². The van der Waals surface area contributed by atoms with Crippen LogP contribution >= 0.6 is 0 Å². The van der Waals surface area contributed by atoms with E-state index in [4.69, 9.17) is 0 Å². The summed E-state index contributed by atoms with van der Waals surface area (Å²) >= 11 is 0. The van der Waals surface area contributed by atoms with Gasteiger partial charge in [-0.05, 0) is 79.6 Å². The molecule has 0 unspecified atom stereocenters. The Morgan fingerprint density at radius 2 is 2.07 bits per heavy atom. The molecule has 0 fully saturated rings. The first-order chi connectivity index (χ1) is 13.1. The van der Waals surface area contributed by atoms with E-state index in [-0.39, 0.29) is 5.91 Å². The molecular weight excluding hydrogens is 334 g/mol. The Kier molecular flexibility index (Phi) is 4.80. The van der Waals surface area contributed by atoms with Crippen LogP contribution in [-0.2, 0) is 19.4 Å². The van der Waals surface area contributed by atoms with E-state index in [9.17, 15) is 4.79 Å². The average Bonchev–Trinajstić information content (AvgIpc) is 3.01. The number of rotatable bonds is 4. The summed E-state index contributed by atoms with van der Waals surface area (Å²) in [5.74, 6) is 0.698. The van der Waals surface area contributed by atoms with Gasteiger partial charge in [0.05, 0.1) is 0 Å². The van der Waals surface area contributed by atoms with Gasteiger partial charge in [0.2, 0.25) is 0 Å². The van der Waals surface area contributed by atoms with Crippen molar-refractivity contribution in [2.45, 2.75) is 39.7 Å². The fourth-order valence-corrected chi connectivity index (χ4v) is 3.97. The summed E-state index contributed by atoms with van der Waals surface area (Å²) in [5.41, 5.74) is 6.97. The van der Waals surface area contributed by atoms with E-state index in [2.05, 4.69) is 34.8 Å². The van der Waals surface area contributed by atoms with Crippen LogP contribution in [0.15, 0.2) is 54.9 Å². The molecule has 4 nitrogen and oxygen atoms in total. The Hall–Kier alpha value is -2.88. The van der Waals surface area contributed by atoms with Crippen molar-refractivity contribution in [3.8, 4) is 5.69 Å². The molecule has 2 aromatic heterocycles. The van der Waals surface area contributed by atoms with E-state index in [1.54, 1.807) is 12.4 Å². The Labute approximate surface area is 160 Å². The monoisotopic (exact) mass is 359 g/mol. The Morgan fingerprint density at radius 1 is 1.26 bits per heavy atom. The standard InChI is InChI=1S/C23H25N3O/c1-16-5-10-22-20(12-16)13-17(2)26(22)21-8-6-19(7-9-21)23(27)25-15-18-4-3-11-24-14-18/h3-4,6-9,11,13-14,16H,5,10,12,15H2,1-2H3,(H,25,27)/t16-/m1/s1. The molecule has 1 amide bonds. The molecule has 3 aromatic rings. The molecule has 0 bridgehead atoms. The molecule has 4 rings (SSSR count). The van der Waals surface area contributed by atoms with Crippen molar-refractivity contribution in [3.63, 3.8) is 0 Å². The highest BCUT2D eigenvalue weighted by molar-refractivity contribution is 5.94. The molecule has 4 heteroatoms. The highest BCUT2D eigenvalue weighted by Crippen LogP contribution is 2.30. The van der Waals surface area contributed by atoms with Crippen LogP contribution in [0.5, 0.6) is 0 Å². The van der Waals surface area contributed by atoms with Crippen LogP contribution in [0, 0.1) is 12.8 Å². The molecule has 1 aliphatic rings. The van der Waals surface area contributed by atoms with Gasteiger partial charge in [0.15, 0.2) is 0 Å². The molecule has 27 heavy (non-hydrogen) atoms. The van der Waals surface area contributed by atoms with Gasteiger partial charge in [-0.25, -0.2) is 0 Å². The SMILES string of the molecule is Cc1cc2c(n1-c1ccc(C(=O)NCc3cccnc3)cc1)CC[C@@H](C)C2. The quantitative estimate of drug-likeness (QED) is 0.757. The number of fused-ring (bicyclic) bond motifs is 1. The van der Waals surface area contributed by atoms with Gasteiger partial charge in [-0.1, -0.05) is 13.0 Å². The van der Waals surface area contributed by atoms with Gasteiger partial charge < -0.3 is 9.88 Å². The van der Waals surface area contributed by atoms with Crippen LogP contribution in [0.4, 0.5) is 0 Å². The molecule has 138 valence electrons. The van der Waals surface area contributed by atoms with Crippen molar-refractivity contribution in [2.75, 3.05) is 0 Å². The van der Waals surface area contributed by atoms with Crippen molar-refractivity contribution in [3.05, 3.63) is 82.9 Å². The van der Waals surface area contributed by atoms with Gasteiger partial charge >= 0.3 is 0 Å². The molecule has 1 aromatic carbocycles. The van der Waals surface area contributed by atoms with E-state index < -0.39 is 0 Å². The zero-order valence-electron chi connectivity index (χ0n) is 15.9. The van der Waals surface area contributed by atoms with Crippen molar-refractivity contribution in [1.29, 1.82) is 0 Å². The van der Waals surface area contributed by atoms with Gasteiger partial charge in [0.1, 0.15) is 0 Å². The number of carbonyl (C=O) groups is 1. The molecule has 0 spiro atoms. The summed E-state index contributed by atoms with van der Waals surface area (Å²) in [6.45, 7) is 4.98. The van der Waals surface area contributed by atoms with E-state index in [1.807, 2.05) is 36.4 Å². The zero-order chi connectivity index (χ0) is 18.8. The number of nitrogens with one attached hydrogen (secondary N) is 1. The van der Waals surface area contributed by atoms with Crippen molar-refractivity contribution >= 4 is 5.91 Å². The van der Waals surface area contributed by atoms with Gasteiger partial charge in [-0.15, -0.1) is 0 Å². The molecule has 2 heterocycles. The number of amides is 1. The van der Waals surface area contributed by atoms with E-state index in [1.165, 1.54) is 23.4 Å². The van der Waals surface area contributed by atoms with E-state index in [0.29, 0.717) is 12.1 Å². The number of pyridine rings is 1. The van der Waals surface area contributed by atoms with Crippen molar-refractivity contribution in [1.82, 2.24) is 14.9 Å². The minimum Gasteiger partial charge on any atom is -0.348 e. The molecule has 0 saturated heterocycles. The van der Waals surface area contributed by atoms with Crippen molar-refractivity contribution < 1.29 is 4.79 Å². The van der Waals surface area contributed by atoms with Crippen molar-refractivity contribution in [2.24, 2.45) is 5.92 Å². The normalized spacial score (nSPS) is 16.0. The topological polar surface area (TPSA) is 46.9 Å². The summed E-state index contributed by atoms with van der Waals surface area (Å²) in [6, 6.07) is 14.1. The summed E-state index contributed by atoms with van der Waals surface area (Å²) in [4.78, 5) is 16.5. The lowest BCUT2D eigenvalue weighted by Crippen LogP contribution is -2.22. The molecule has 0 aliphatic heterocycles. The summed E-state index contributed by atoms with van der Waals surface area (Å²) in [5, 5.41) is 2.95. The highest BCUT2D eigenvalue weighted by Gasteiger charge is 2.21. The second kappa shape index (κ2) is 7.39. The number of hydrogen-bond acceptors (Lipinski definition) is 2. The second-order valence-electron chi connectivity index (χ2n) is 7.53. The third-order valence-corrected chi connectivity index (χ3v) is 5.38. The first-order valence-corrected chi connectivity index (χ1v) is 9.59. The smallest absolute Gasteiger partial charge is 0.251 e. The van der Waals surface area contributed by atoms with Gasteiger partial charge in [0, 0.05) is 41.6 Å². The third-order valence-electron chi connectivity index (χ3n) is 5.38. The number of aromatic nitrogens is 2. The first kappa shape index (κ1) is 17.5. The fraction of sp³-hybridized carbons (Fsp3) is 0.304. The fourth-order valence-electron chi connectivity index (χ4n) is 3.97. The predicted molar refractivity (Wildman–Crippen MR) is 107 cm³/mol. The summed E-state index contributed by atoms with van der Waals surface area (Å²) in [6.07, 6.45) is 7.02. The van der Waals surface area contributed by atoms with Crippen LogP contribution in [0.3, 0.4) is 0 Å². The maximum Gasteiger partial charge on any atom is 0.251 e. The first-order valence-electron chi connectivity index (χ1n) is 9.59. The van der Waals surface area contributed by atoms with Gasteiger partial charge in [-0.3, -0.25) is 9.78 Å². The molecule has 0 saturated carbocycles. The molecule has 1 aliphatic carbocycles. The summed E-state index contributed by atoms with van der Waals surface area (Å²) in [7, 11) is 0. The zero-order valence-corrected chi connectivity index (χ0v) is 15.9. The summed E-state index contributed by atoms with van der Waals surface area (Å²) < 4.78 is 2.35. The Bertz CT molecular complexity index is 942. The molecule has 1 atom stereocenters. The lowest BCUT2D eigenvalue weighted by molar-refractivity contribution is 0.0951. The number of nitrogens with zero attached hydrogens (tertiary/aromatic N) is 2. The third kappa shape index (κ3) is 3.65. The molecule has 1 N–H and O–H groups in total. The van der Waals surface area contributed by atoms with E-state index >= 15 is 0 Å². The predicted octanol–water partition coefficient (Wildman–Crippen LogP) is 4.24.